The Morgan fingerprint density at radius 3 is 2.44 bits per heavy atom. The Bertz CT molecular complexity index is 966. The zero-order valence-corrected chi connectivity index (χ0v) is 15.6. The molecule has 1 aliphatic heterocycles. The van der Waals surface area contributed by atoms with Crippen molar-refractivity contribution in [3.8, 4) is 5.75 Å². The number of rotatable bonds is 4. The SMILES string of the molecule is CC(C)(c1cccc(N2C=CN(c3ccccc3O)C2)c1)c1ccccn1. The molecule has 0 saturated heterocycles. The normalized spacial score (nSPS) is 14.0. The maximum Gasteiger partial charge on any atom is 0.139 e. The second kappa shape index (κ2) is 6.80. The number of anilines is 2. The van der Waals surface area contributed by atoms with Gasteiger partial charge in [0.2, 0.25) is 0 Å². The van der Waals surface area contributed by atoms with Crippen LogP contribution in [0, 0.1) is 0 Å². The quantitative estimate of drug-likeness (QED) is 0.723. The van der Waals surface area contributed by atoms with E-state index < -0.39 is 0 Å². The van der Waals surface area contributed by atoms with Gasteiger partial charge in [-0.3, -0.25) is 4.98 Å². The summed E-state index contributed by atoms with van der Waals surface area (Å²) in [6.07, 6.45) is 5.87. The van der Waals surface area contributed by atoms with Crippen molar-refractivity contribution in [3.05, 3.63) is 96.6 Å². The van der Waals surface area contributed by atoms with Crippen LogP contribution in [0.15, 0.2) is 85.3 Å². The summed E-state index contributed by atoms with van der Waals surface area (Å²) < 4.78 is 0. The van der Waals surface area contributed by atoms with Crippen LogP contribution >= 0.6 is 0 Å². The molecule has 4 nitrogen and oxygen atoms in total. The van der Waals surface area contributed by atoms with Crippen molar-refractivity contribution in [2.45, 2.75) is 19.3 Å². The molecule has 4 rings (SSSR count). The van der Waals surface area contributed by atoms with Crippen molar-refractivity contribution in [2.24, 2.45) is 0 Å². The minimum Gasteiger partial charge on any atom is -0.506 e. The Kier molecular flexibility index (Phi) is 4.32. The highest BCUT2D eigenvalue weighted by Crippen LogP contribution is 2.34. The molecule has 4 heteroatoms. The molecule has 0 unspecified atom stereocenters. The maximum atomic E-state index is 10.1. The van der Waals surface area contributed by atoms with E-state index in [2.05, 4.69) is 54.1 Å². The van der Waals surface area contributed by atoms with Crippen LogP contribution in [0.3, 0.4) is 0 Å². The molecule has 0 atom stereocenters. The molecule has 0 spiro atoms. The van der Waals surface area contributed by atoms with Gasteiger partial charge in [0.05, 0.1) is 18.1 Å². The van der Waals surface area contributed by atoms with E-state index in [1.54, 1.807) is 6.07 Å². The minimum atomic E-state index is -0.182. The van der Waals surface area contributed by atoms with Gasteiger partial charge in [-0.15, -0.1) is 0 Å². The number of aromatic hydroxyl groups is 1. The number of hydrogen-bond acceptors (Lipinski definition) is 4. The molecule has 0 amide bonds. The predicted octanol–water partition coefficient (Wildman–Crippen LogP) is 4.87. The summed E-state index contributed by atoms with van der Waals surface area (Å²) in [6, 6.07) is 22.0. The molecule has 0 saturated carbocycles. The van der Waals surface area contributed by atoms with E-state index in [4.69, 9.17) is 0 Å². The highest BCUT2D eigenvalue weighted by atomic mass is 16.3. The van der Waals surface area contributed by atoms with Crippen molar-refractivity contribution in [2.75, 3.05) is 16.5 Å². The molecule has 27 heavy (non-hydrogen) atoms. The van der Waals surface area contributed by atoms with Crippen LogP contribution in [0.2, 0.25) is 0 Å². The second-order valence-electron chi connectivity index (χ2n) is 7.26. The molecule has 0 fully saturated rings. The number of aromatic nitrogens is 1. The standard InChI is InChI=1S/C23H23N3O/c1-23(2,22-12-5-6-13-24-22)18-8-7-9-19(16-18)25-14-15-26(17-25)20-10-3-4-11-21(20)27/h3-16,27H,17H2,1-2H3. The molecule has 2 heterocycles. The molecule has 0 aliphatic carbocycles. The van der Waals surface area contributed by atoms with Gasteiger partial charge in [-0.25, -0.2) is 0 Å². The average Bonchev–Trinajstić information content (AvgIpc) is 3.19. The topological polar surface area (TPSA) is 39.6 Å². The first-order valence-electron chi connectivity index (χ1n) is 9.07. The van der Waals surface area contributed by atoms with Crippen LogP contribution in [-0.4, -0.2) is 16.8 Å². The maximum absolute atomic E-state index is 10.1. The van der Waals surface area contributed by atoms with Crippen molar-refractivity contribution in [3.63, 3.8) is 0 Å². The van der Waals surface area contributed by atoms with E-state index in [1.165, 1.54) is 5.56 Å². The first-order valence-corrected chi connectivity index (χ1v) is 9.07. The number of hydrogen-bond donors (Lipinski definition) is 1. The van der Waals surface area contributed by atoms with E-state index >= 15 is 0 Å². The summed E-state index contributed by atoms with van der Waals surface area (Å²) in [5.74, 6) is 0.286. The van der Waals surface area contributed by atoms with Crippen LogP contribution in [0.25, 0.3) is 0 Å². The zero-order valence-electron chi connectivity index (χ0n) is 15.6. The lowest BCUT2D eigenvalue weighted by Gasteiger charge is -2.27. The molecule has 1 aliphatic rings. The number of para-hydroxylation sites is 2. The van der Waals surface area contributed by atoms with E-state index in [1.807, 2.05) is 53.8 Å². The van der Waals surface area contributed by atoms with Crippen molar-refractivity contribution in [1.82, 2.24) is 4.98 Å². The fraction of sp³-hybridized carbons (Fsp3) is 0.174. The van der Waals surface area contributed by atoms with Gasteiger partial charge in [0.15, 0.2) is 0 Å². The van der Waals surface area contributed by atoms with Gasteiger partial charge in [0.1, 0.15) is 5.75 Å². The first kappa shape index (κ1) is 17.2. The first-order chi connectivity index (χ1) is 13.1. The molecular formula is C23H23N3O. The van der Waals surface area contributed by atoms with Gasteiger partial charge in [0, 0.05) is 29.7 Å². The second-order valence-corrected chi connectivity index (χ2v) is 7.26. The predicted molar refractivity (Wildman–Crippen MR) is 110 cm³/mol. The molecule has 0 bridgehead atoms. The number of phenols is 1. The smallest absolute Gasteiger partial charge is 0.139 e. The summed E-state index contributed by atoms with van der Waals surface area (Å²) in [4.78, 5) is 8.76. The molecule has 1 aromatic heterocycles. The van der Waals surface area contributed by atoms with Crippen molar-refractivity contribution in [1.29, 1.82) is 0 Å². The number of phenolic OH excluding ortho intramolecular Hbond substituents is 1. The van der Waals surface area contributed by atoms with Crippen molar-refractivity contribution < 1.29 is 5.11 Å². The molecule has 2 aromatic carbocycles. The van der Waals surface area contributed by atoms with E-state index in [0.717, 1.165) is 17.1 Å². The van der Waals surface area contributed by atoms with E-state index in [0.29, 0.717) is 6.67 Å². The van der Waals surface area contributed by atoms with Gasteiger partial charge < -0.3 is 14.9 Å². The van der Waals surface area contributed by atoms with Gasteiger partial charge in [0.25, 0.3) is 0 Å². The monoisotopic (exact) mass is 357 g/mol. The lowest BCUT2D eigenvalue weighted by Crippen LogP contribution is -2.25. The van der Waals surface area contributed by atoms with Gasteiger partial charge in [-0.05, 0) is 42.0 Å². The summed E-state index contributed by atoms with van der Waals surface area (Å²) in [7, 11) is 0. The highest BCUT2D eigenvalue weighted by molar-refractivity contribution is 5.64. The average molecular weight is 357 g/mol. The van der Waals surface area contributed by atoms with Crippen molar-refractivity contribution >= 4 is 11.4 Å². The summed E-state index contributed by atoms with van der Waals surface area (Å²) in [6.45, 7) is 5.05. The Labute approximate surface area is 160 Å². The lowest BCUT2D eigenvalue weighted by atomic mass is 9.81. The number of benzene rings is 2. The highest BCUT2D eigenvalue weighted by Gasteiger charge is 2.25. The Morgan fingerprint density at radius 2 is 1.67 bits per heavy atom. The third-order valence-electron chi connectivity index (χ3n) is 5.13. The van der Waals surface area contributed by atoms with Crippen LogP contribution in [0.1, 0.15) is 25.1 Å². The third-order valence-corrected chi connectivity index (χ3v) is 5.13. The molecule has 136 valence electrons. The Morgan fingerprint density at radius 1 is 0.889 bits per heavy atom. The third kappa shape index (κ3) is 3.26. The van der Waals surface area contributed by atoms with Gasteiger partial charge in [-0.2, -0.15) is 0 Å². The van der Waals surface area contributed by atoms with Gasteiger partial charge in [-0.1, -0.05) is 44.2 Å². The van der Waals surface area contributed by atoms with E-state index in [9.17, 15) is 5.11 Å². The van der Waals surface area contributed by atoms with Crippen LogP contribution < -0.4 is 9.80 Å². The fourth-order valence-electron chi connectivity index (χ4n) is 3.40. The number of pyridine rings is 1. The largest absolute Gasteiger partial charge is 0.506 e. The summed E-state index contributed by atoms with van der Waals surface area (Å²) >= 11 is 0. The molecule has 0 radical (unpaired) electrons. The zero-order chi connectivity index (χ0) is 18.9. The fourth-order valence-corrected chi connectivity index (χ4v) is 3.40. The molecule has 3 aromatic rings. The van der Waals surface area contributed by atoms with E-state index in [-0.39, 0.29) is 11.2 Å². The molecule has 1 N–H and O–H groups in total. The van der Waals surface area contributed by atoms with Crippen LogP contribution in [0.4, 0.5) is 11.4 Å². The summed E-state index contributed by atoms with van der Waals surface area (Å²) in [5.41, 5.74) is 4.01. The molecular weight excluding hydrogens is 334 g/mol. The van der Waals surface area contributed by atoms with Crippen LogP contribution in [0.5, 0.6) is 5.75 Å². The Balaban J connectivity index is 1.59. The Hall–Kier alpha value is -3.27. The number of nitrogens with zero attached hydrogens (tertiary/aromatic N) is 3. The van der Waals surface area contributed by atoms with Gasteiger partial charge >= 0.3 is 0 Å². The summed E-state index contributed by atoms with van der Waals surface area (Å²) in [5, 5.41) is 10.1. The lowest BCUT2D eigenvalue weighted by molar-refractivity contribution is 0.475. The minimum absolute atomic E-state index is 0.182. The van der Waals surface area contributed by atoms with Crippen LogP contribution in [-0.2, 0) is 5.41 Å².